The number of hydrogen-bond donors (Lipinski definition) is 3. The summed E-state index contributed by atoms with van der Waals surface area (Å²) in [6.45, 7) is 0. The summed E-state index contributed by atoms with van der Waals surface area (Å²) in [5.74, 6) is 0.117. The zero-order valence-electron chi connectivity index (χ0n) is 14.5. The van der Waals surface area contributed by atoms with Gasteiger partial charge in [-0.1, -0.05) is 18.2 Å². The van der Waals surface area contributed by atoms with Gasteiger partial charge >= 0.3 is 0 Å². The smallest absolute Gasteiger partial charge is 0.269 e. The van der Waals surface area contributed by atoms with E-state index in [1.807, 2.05) is 0 Å². The Balaban J connectivity index is 1.77. The molecule has 0 radical (unpaired) electrons. The maximum atomic E-state index is 12.4. The van der Waals surface area contributed by atoms with Crippen molar-refractivity contribution in [3.63, 3.8) is 0 Å². The van der Waals surface area contributed by atoms with E-state index in [4.69, 9.17) is 4.74 Å². The van der Waals surface area contributed by atoms with Crippen molar-refractivity contribution < 1.29 is 19.4 Å². The lowest BCUT2D eigenvalue weighted by molar-refractivity contribution is 0.0957. The van der Waals surface area contributed by atoms with Crippen LogP contribution < -0.4 is 15.4 Å². The second kappa shape index (κ2) is 8.01. The van der Waals surface area contributed by atoms with E-state index in [2.05, 4.69) is 15.6 Å². The number of ether oxygens (including phenoxy) is 1. The number of nitrogens with one attached hydrogen (secondary N) is 2. The van der Waals surface area contributed by atoms with Gasteiger partial charge in [-0.3, -0.25) is 14.6 Å². The number of rotatable bonds is 5. The first-order valence-corrected chi connectivity index (χ1v) is 8.12. The molecule has 0 unspecified atom stereocenters. The summed E-state index contributed by atoms with van der Waals surface area (Å²) in [6, 6.07) is 16.2. The van der Waals surface area contributed by atoms with Crippen LogP contribution in [0.3, 0.4) is 0 Å². The summed E-state index contributed by atoms with van der Waals surface area (Å²) in [5.41, 5.74) is 0.901. The first kappa shape index (κ1) is 17.9. The predicted octanol–water partition coefficient (Wildman–Crippen LogP) is 3.19. The van der Waals surface area contributed by atoms with Crippen LogP contribution in [0.1, 0.15) is 20.8 Å². The number of carbonyl (C=O) groups is 2. The van der Waals surface area contributed by atoms with Crippen LogP contribution in [-0.2, 0) is 0 Å². The van der Waals surface area contributed by atoms with E-state index in [1.165, 1.54) is 25.4 Å². The molecule has 0 aliphatic carbocycles. The van der Waals surface area contributed by atoms with Gasteiger partial charge in [-0.2, -0.15) is 0 Å². The molecule has 0 aliphatic rings. The van der Waals surface area contributed by atoms with Crippen LogP contribution in [0.4, 0.5) is 5.69 Å². The van der Waals surface area contributed by atoms with E-state index in [9.17, 15) is 14.7 Å². The number of nitrogens with zero attached hydrogens (tertiary/aromatic N) is 1. The summed E-state index contributed by atoms with van der Waals surface area (Å²) in [7, 11) is 1.52. The SMILES string of the molecule is CNC(=O)c1cc(Oc2cccc(C(=O)Nc3ccccc3O)c2)ccn1. The van der Waals surface area contributed by atoms with Crippen LogP contribution in [-0.4, -0.2) is 29.0 Å². The fraction of sp³-hybridized carbons (Fsp3) is 0.0500. The molecule has 7 nitrogen and oxygen atoms in total. The molecular formula is C20H17N3O4. The van der Waals surface area contributed by atoms with Gasteiger partial charge in [-0.15, -0.1) is 0 Å². The maximum Gasteiger partial charge on any atom is 0.269 e. The number of hydrogen-bond acceptors (Lipinski definition) is 5. The minimum Gasteiger partial charge on any atom is -0.506 e. The molecule has 0 saturated carbocycles. The lowest BCUT2D eigenvalue weighted by Crippen LogP contribution is -2.18. The second-order valence-electron chi connectivity index (χ2n) is 5.56. The summed E-state index contributed by atoms with van der Waals surface area (Å²) in [4.78, 5) is 28.0. The molecule has 0 atom stereocenters. The monoisotopic (exact) mass is 363 g/mol. The zero-order valence-corrected chi connectivity index (χ0v) is 14.5. The van der Waals surface area contributed by atoms with Gasteiger partial charge in [0.1, 0.15) is 22.9 Å². The molecule has 0 saturated heterocycles. The minimum atomic E-state index is -0.386. The van der Waals surface area contributed by atoms with Gasteiger partial charge in [0.2, 0.25) is 0 Å². The van der Waals surface area contributed by atoms with Crippen molar-refractivity contribution in [1.29, 1.82) is 0 Å². The number of phenols is 1. The Morgan fingerprint density at radius 2 is 1.74 bits per heavy atom. The maximum absolute atomic E-state index is 12.4. The molecule has 1 aromatic heterocycles. The Bertz CT molecular complexity index is 988. The highest BCUT2D eigenvalue weighted by molar-refractivity contribution is 6.05. The Kier molecular flexibility index (Phi) is 5.32. The number of phenolic OH excluding ortho intramolecular Hbond substituents is 1. The van der Waals surface area contributed by atoms with Gasteiger partial charge in [0.25, 0.3) is 11.8 Å². The highest BCUT2D eigenvalue weighted by Crippen LogP contribution is 2.25. The second-order valence-corrected chi connectivity index (χ2v) is 5.56. The number of carbonyl (C=O) groups excluding carboxylic acids is 2. The van der Waals surface area contributed by atoms with Gasteiger partial charge in [0.15, 0.2) is 0 Å². The molecule has 136 valence electrons. The lowest BCUT2D eigenvalue weighted by Gasteiger charge is -2.10. The number of aromatic hydroxyl groups is 1. The van der Waals surface area contributed by atoms with Gasteiger partial charge in [0.05, 0.1) is 5.69 Å². The number of aromatic nitrogens is 1. The van der Waals surface area contributed by atoms with Crippen molar-refractivity contribution in [3.05, 3.63) is 78.1 Å². The molecule has 1 heterocycles. The molecule has 3 aromatic rings. The first-order chi connectivity index (χ1) is 13.1. The molecule has 27 heavy (non-hydrogen) atoms. The molecule has 2 aromatic carbocycles. The van der Waals surface area contributed by atoms with E-state index < -0.39 is 0 Å². The summed E-state index contributed by atoms with van der Waals surface area (Å²) >= 11 is 0. The molecule has 0 bridgehead atoms. The van der Waals surface area contributed by atoms with E-state index in [-0.39, 0.29) is 23.3 Å². The quantitative estimate of drug-likeness (QED) is 0.605. The van der Waals surface area contributed by atoms with Crippen LogP contribution in [0, 0.1) is 0 Å². The molecule has 7 heteroatoms. The standard InChI is InChI=1S/C20H17N3O4/c1-21-20(26)17-12-15(9-10-22-17)27-14-6-4-5-13(11-14)19(25)23-16-7-2-3-8-18(16)24/h2-12,24H,1H3,(H,21,26)(H,23,25). The summed E-state index contributed by atoms with van der Waals surface area (Å²) in [5, 5.41) is 14.9. The third-order valence-corrected chi connectivity index (χ3v) is 3.68. The first-order valence-electron chi connectivity index (χ1n) is 8.12. The van der Waals surface area contributed by atoms with Crippen molar-refractivity contribution in [1.82, 2.24) is 10.3 Å². The Morgan fingerprint density at radius 1 is 0.963 bits per heavy atom. The number of para-hydroxylation sites is 2. The Labute approximate surface area is 155 Å². The predicted molar refractivity (Wildman–Crippen MR) is 100 cm³/mol. The normalized spacial score (nSPS) is 10.1. The third-order valence-electron chi connectivity index (χ3n) is 3.68. The molecular weight excluding hydrogens is 346 g/mol. The summed E-state index contributed by atoms with van der Waals surface area (Å²) < 4.78 is 5.73. The molecule has 3 N–H and O–H groups in total. The van der Waals surface area contributed by atoms with E-state index in [1.54, 1.807) is 48.5 Å². The van der Waals surface area contributed by atoms with Crippen LogP contribution in [0.5, 0.6) is 17.2 Å². The van der Waals surface area contributed by atoms with Crippen molar-refractivity contribution >= 4 is 17.5 Å². The Hall–Kier alpha value is -3.87. The molecule has 0 fully saturated rings. The van der Waals surface area contributed by atoms with Gasteiger partial charge in [-0.05, 0) is 36.4 Å². The molecule has 2 amide bonds. The van der Waals surface area contributed by atoms with Gasteiger partial charge in [-0.25, -0.2) is 0 Å². The lowest BCUT2D eigenvalue weighted by atomic mass is 10.2. The zero-order chi connectivity index (χ0) is 19.2. The summed E-state index contributed by atoms with van der Waals surface area (Å²) in [6.07, 6.45) is 1.47. The van der Waals surface area contributed by atoms with Crippen LogP contribution in [0.15, 0.2) is 66.9 Å². The van der Waals surface area contributed by atoms with Crippen LogP contribution >= 0.6 is 0 Å². The highest BCUT2D eigenvalue weighted by atomic mass is 16.5. The van der Waals surface area contributed by atoms with Crippen molar-refractivity contribution in [3.8, 4) is 17.2 Å². The number of amides is 2. The van der Waals surface area contributed by atoms with Crippen molar-refractivity contribution in [2.75, 3.05) is 12.4 Å². The van der Waals surface area contributed by atoms with E-state index >= 15 is 0 Å². The van der Waals surface area contributed by atoms with Gasteiger partial charge < -0.3 is 20.5 Å². The van der Waals surface area contributed by atoms with Gasteiger partial charge in [0, 0.05) is 24.9 Å². The van der Waals surface area contributed by atoms with Crippen molar-refractivity contribution in [2.45, 2.75) is 0 Å². The number of benzene rings is 2. The fourth-order valence-electron chi connectivity index (χ4n) is 2.34. The Morgan fingerprint density at radius 3 is 2.52 bits per heavy atom. The molecule has 0 aliphatic heterocycles. The van der Waals surface area contributed by atoms with E-state index in [0.717, 1.165) is 0 Å². The fourth-order valence-corrected chi connectivity index (χ4v) is 2.34. The average molecular weight is 363 g/mol. The topological polar surface area (TPSA) is 101 Å². The minimum absolute atomic E-state index is 0.0169. The molecule has 3 rings (SSSR count). The van der Waals surface area contributed by atoms with E-state index in [0.29, 0.717) is 22.7 Å². The average Bonchev–Trinajstić information content (AvgIpc) is 2.69. The number of pyridine rings is 1. The molecule has 0 spiro atoms. The third kappa shape index (κ3) is 4.40. The van der Waals surface area contributed by atoms with Crippen LogP contribution in [0.2, 0.25) is 0 Å². The number of anilines is 1. The largest absolute Gasteiger partial charge is 0.506 e. The van der Waals surface area contributed by atoms with Crippen LogP contribution in [0.25, 0.3) is 0 Å². The van der Waals surface area contributed by atoms with Crippen molar-refractivity contribution in [2.24, 2.45) is 0 Å². The highest BCUT2D eigenvalue weighted by Gasteiger charge is 2.11.